The first kappa shape index (κ1) is 27.7. The van der Waals surface area contributed by atoms with Crippen LogP contribution in [0.4, 0.5) is 0 Å². The van der Waals surface area contributed by atoms with E-state index in [-0.39, 0.29) is 0 Å². The molecule has 3 N–H and O–H groups in total. The van der Waals surface area contributed by atoms with Crippen molar-refractivity contribution in [3.05, 3.63) is 144 Å². The first-order chi connectivity index (χ1) is 23.7. The zero-order valence-corrected chi connectivity index (χ0v) is 28.0. The minimum Gasteiger partial charge on any atom is -0.354 e. The number of fused-ring (bicyclic) bond motifs is 3. The molecule has 0 radical (unpaired) electrons. The fourth-order valence-electron chi connectivity index (χ4n) is 6.92. The number of hydrogen-bond donors (Lipinski definition) is 3. The van der Waals surface area contributed by atoms with E-state index in [0.717, 1.165) is 33.6 Å². The van der Waals surface area contributed by atoms with Gasteiger partial charge in [-0.2, -0.15) is 0 Å². The van der Waals surface area contributed by atoms with Gasteiger partial charge in [0.2, 0.25) is 0 Å². The molecule has 0 spiro atoms. The lowest BCUT2D eigenvalue weighted by molar-refractivity contribution is 1.47. The van der Waals surface area contributed by atoms with Crippen molar-refractivity contribution in [2.75, 3.05) is 0 Å². The molecule has 10 rings (SSSR count). The lowest BCUT2D eigenvalue weighted by Crippen LogP contribution is -1.88. The van der Waals surface area contributed by atoms with Gasteiger partial charge < -0.3 is 15.0 Å². The van der Waals surface area contributed by atoms with Gasteiger partial charge in [-0.25, -0.2) is 0 Å². The van der Waals surface area contributed by atoms with Crippen molar-refractivity contribution in [1.82, 2.24) is 15.0 Å². The maximum atomic E-state index is 3.68. The number of thiophene rings is 3. The van der Waals surface area contributed by atoms with Crippen molar-refractivity contribution in [2.45, 2.75) is 0 Å². The Morgan fingerprint density at radius 2 is 0.646 bits per heavy atom. The van der Waals surface area contributed by atoms with Crippen LogP contribution in [0.3, 0.4) is 0 Å². The van der Waals surface area contributed by atoms with Gasteiger partial charge in [-0.1, -0.05) is 54.6 Å². The summed E-state index contributed by atoms with van der Waals surface area (Å²) < 4.78 is 0. The minimum atomic E-state index is 1.15. The van der Waals surface area contributed by atoms with Gasteiger partial charge in [0.05, 0.1) is 31.7 Å². The van der Waals surface area contributed by atoms with Crippen molar-refractivity contribution in [3.63, 3.8) is 0 Å². The molecule has 4 aromatic carbocycles. The second-order valence-corrected chi connectivity index (χ2v) is 14.8. The molecule has 10 aromatic rings. The summed E-state index contributed by atoms with van der Waals surface area (Å²) in [5.41, 5.74) is 14.2. The zero-order valence-electron chi connectivity index (χ0n) is 25.6. The maximum Gasteiger partial charge on any atom is 0.0583 e. The molecule has 48 heavy (non-hydrogen) atoms. The molecule has 0 aliphatic carbocycles. The van der Waals surface area contributed by atoms with Crippen LogP contribution in [0.1, 0.15) is 0 Å². The Kier molecular flexibility index (Phi) is 6.40. The Morgan fingerprint density at radius 3 is 0.958 bits per heavy atom. The average molecular weight is 670 g/mol. The highest BCUT2D eigenvalue weighted by molar-refractivity contribution is 7.14. The molecule has 0 aliphatic rings. The molecule has 228 valence electrons. The van der Waals surface area contributed by atoms with Crippen LogP contribution < -0.4 is 0 Å². The monoisotopic (exact) mass is 669 g/mol. The first-order valence-electron chi connectivity index (χ1n) is 15.9. The number of benzene rings is 4. The van der Waals surface area contributed by atoms with Gasteiger partial charge in [-0.15, -0.1) is 34.0 Å². The second kappa shape index (κ2) is 11.1. The lowest BCUT2D eigenvalue weighted by atomic mass is 9.93. The van der Waals surface area contributed by atoms with Crippen molar-refractivity contribution in [3.8, 4) is 65.1 Å². The van der Waals surface area contributed by atoms with Crippen LogP contribution in [0, 0.1) is 0 Å². The topological polar surface area (TPSA) is 47.4 Å². The number of nitrogens with one attached hydrogen (secondary N) is 3. The minimum absolute atomic E-state index is 1.15. The van der Waals surface area contributed by atoms with Gasteiger partial charge in [0, 0.05) is 49.4 Å². The van der Waals surface area contributed by atoms with E-state index in [1.165, 1.54) is 64.2 Å². The molecular weight excluding hydrogens is 643 g/mol. The smallest absolute Gasteiger partial charge is 0.0583 e. The maximum absolute atomic E-state index is 3.68. The van der Waals surface area contributed by atoms with Gasteiger partial charge in [0.1, 0.15) is 0 Å². The van der Waals surface area contributed by atoms with Gasteiger partial charge in [0.25, 0.3) is 0 Å². The predicted molar refractivity (Wildman–Crippen MR) is 208 cm³/mol. The lowest BCUT2D eigenvalue weighted by Gasteiger charge is -2.12. The van der Waals surface area contributed by atoms with Crippen molar-refractivity contribution >= 4 is 66.7 Å². The van der Waals surface area contributed by atoms with Crippen LogP contribution in [-0.4, -0.2) is 15.0 Å². The molecule has 0 unspecified atom stereocenters. The van der Waals surface area contributed by atoms with Crippen molar-refractivity contribution < 1.29 is 0 Å². The van der Waals surface area contributed by atoms with Crippen LogP contribution in [0.25, 0.3) is 97.8 Å². The number of H-pyrrole nitrogens is 3. The number of para-hydroxylation sites is 3. The van der Waals surface area contributed by atoms with E-state index in [9.17, 15) is 0 Å². The summed E-state index contributed by atoms with van der Waals surface area (Å²) in [5, 5.41) is 10.3. The molecule has 3 nitrogen and oxygen atoms in total. The number of hydrogen-bond acceptors (Lipinski definition) is 3. The standard InChI is InChI=1S/C42H27N3S3/c1-4-10-34-25(7-1)22-37(43-34)40-31(13-16-46-40)28-19-29(32-14-17-47-41(32)38-23-26-8-2-5-11-35(26)44-38)21-30(20-28)33-15-18-48-42(33)39-24-27-9-3-6-12-36(27)45-39/h1-24,43-45H. The molecular formula is C42H27N3S3. The number of aromatic nitrogens is 3. The summed E-state index contributed by atoms with van der Waals surface area (Å²) in [4.78, 5) is 14.8. The highest BCUT2D eigenvalue weighted by atomic mass is 32.1. The highest BCUT2D eigenvalue weighted by Crippen LogP contribution is 2.46. The Balaban J connectivity index is 1.17. The van der Waals surface area contributed by atoms with Gasteiger partial charge >= 0.3 is 0 Å². The summed E-state index contributed by atoms with van der Waals surface area (Å²) in [5.74, 6) is 0. The van der Waals surface area contributed by atoms with E-state index in [1.807, 2.05) is 0 Å². The number of aromatic amines is 3. The summed E-state index contributed by atoms with van der Waals surface area (Å²) in [6.07, 6.45) is 0. The normalized spacial score (nSPS) is 11.8. The van der Waals surface area contributed by atoms with E-state index in [0.29, 0.717) is 0 Å². The highest BCUT2D eigenvalue weighted by Gasteiger charge is 2.19. The average Bonchev–Trinajstić information content (AvgIpc) is 3.97. The molecule has 0 fully saturated rings. The van der Waals surface area contributed by atoms with E-state index in [4.69, 9.17) is 0 Å². The van der Waals surface area contributed by atoms with Crippen LogP contribution in [0.15, 0.2) is 144 Å². The molecule has 6 aromatic heterocycles. The zero-order chi connectivity index (χ0) is 31.6. The summed E-state index contributed by atoms with van der Waals surface area (Å²) in [7, 11) is 0. The Morgan fingerprint density at radius 1 is 0.333 bits per heavy atom. The Labute approximate surface area is 288 Å². The summed E-state index contributed by atoms with van der Waals surface area (Å²) in [6, 6.07) is 46.3. The quantitative estimate of drug-likeness (QED) is 0.158. The van der Waals surface area contributed by atoms with E-state index in [1.54, 1.807) is 34.0 Å². The molecule has 6 heteroatoms. The Hall–Kier alpha value is -5.40. The molecule has 0 saturated heterocycles. The summed E-state index contributed by atoms with van der Waals surface area (Å²) in [6.45, 7) is 0. The van der Waals surface area contributed by atoms with Crippen LogP contribution in [-0.2, 0) is 0 Å². The number of rotatable bonds is 6. The van der Waals surface area contributed by atoms with Crippen LogP contribution >= 0.6 is 34.0 Å². The van der Waals surface area contributed by atoms with Gasteiger partial charge in [-0.05, 0) is 106 Å². The SMILES string of the molecule is c1ccc2[nH]c(-c3sccc3-c3cc(-c4ccsc4-c4cc5ccccc5[nH]4)cc(-c4ccsc4-c4cc5ccccc5[nH]4)c3)cc2c1. The molecule has 0 aliphatic heterocycles. The van der Waals surface area contributed by atoms with Crippen molar-refractivity contribution in [1.29, 1.82) is 0 Å². The van der Waals surface area contributed by atoms with Crippen LogP contribution in [0.2, 0.25) is 0 Å². The molecule has 0 atom stereocenters. The predicted octanol–water partition coefficient (Wildman–Crippen LogP) is 13.3. The third-order valence-corrected chi connectivity index (χ3v) is 12.0. The molecule has 0 amide bonds. The van der Waals surface area contributed by atoms with Crippen LogP contribution in [0.5, 0.6) is 0 Å². The third kappa shape index (κ3) is 4.60. The third-order valence-electron chi connectivity index (χ3n) is 9.19. The first-order valence-corrected chi connectivity index (χ1v) is 18.5. The largest absolute Gasteiger partial charge is 0.354 e. The molecule has 0 saturated carbocycles. The van der Waals surface area contributed by atoms with Gasteiger partial charge in [0.15, 0.2) is 0 Å². The molecule has 6 heterocycles. The summed E-state index contributed by atoms with van der Waals surface area (Å²) >= 11 is 5.36. The van der Waals surface area contributed by atoms with E-state index < -0.39 is 0 Å². The molecule has 0 bridgehead atoms. The Bertz CT molecular complexity index is 2350. The fraction of sp³-hybridized carbons (Fsp3) is 0. The van der Waals surface area contributed by atoms with E-state index in [2.05, 4.69) is 158 Å². The fourth-order valence-corrected chi connectivity index (χ4v) is 9.59. The van der Waals surface area contributed by atoms with Gasteiger partial charge in [-0.3, -0.25) is 0 Å². The van der Waals surface area contributed by atoms with E-state index >= 15 is 0 Å². The second-order valence-electron chi connectivity index (χ2n) is 12.1. The van der Waals surface area contributed by atoms with Crippen molar-refractivity contribution in [2.24, 2.45) is 0 Å².